The Bertz CT molecular complexity index is 1100. The van der Waals surface area contributed by atoms with E-state index in [1.807, 2.05) is 0 Å². The largest absolute Gasteiger partial charge is 0.469 e. The first-order valence-corrected chi connectivity index (χ1v) is 22.8. The molecule has 0 amide bonds. The fourth-order valence-electron chi connectivity index (χ4n) is 5.51. The third-order valence-electron chi connectivity index (χ3n) is 8.68. The van der Waals surface area contributed by atoms with E-state index in [0.29, 0.717) is 12.8 Å². The van der Waals surface area contributed by atoms with Gasteiger partial charge in [0, 0.05) is 12.8 Å². The molecule has 0 saturated heterocycles. The van der Waals surface area contributed by atoms with Crippen LogP contribution in [-0.2, 0) is 28.2 Å². The number of hydrogen-bond donors (Lipinski definition) is 2. The maximum Gasteiger partial charge on any atom is 0.469 e. The number of allylic oxidation sites excluding steroid dienone is 12. The fourth-order valence-corrected chi connectivity index (χ4v) is 5.87. The van der Waals surface area contributed by atoms with Gasteiger partial charge in [-0.25, -0.2) is 4.57 Å². The summed E-state index contributed by atoms with van der Waals surface area (Å²) in [5.41, 5.74) is 0. The van der Waals surface area contributed by atoms with Gasteiger partial charge in [0.05, 0.1) is 6.61 Å². The summed E-state index contributed by atoms with van der Waals surface area (Å²) in [7, 11) is -4.77. The van der Waals surface area contributed by atoms with Crippen LogP contribution in [0, 0.1) is 0 Å². The van der Waals surface area contributed by atoms with Gasteiger partial charge in [-0.1, -0.05) is 157 Å². The molecular formula is C45H77O8P. The van der Waals surface area contributed by atoms with Gasteiger partial charge in [0.1, 0.15) is 6.61 Å². The number of unbranched alkanes of at least 4 members (excludes halogenated alkanes) is 16. The molecule has 0 radical (unpaired) electrons. The molecule has 0 aromatic heterocycles. The van der Waals surface area contributed by atoms with Crippen LogP contribution in [0.1, 0.15) is 181 Å². The maximum absolute atomic E-state index is 12.4. The average Bonchev–Trinajstić information content (AvgIpc) is 3.14. The van der Waals surface area contributed by atoms with Crippen LogP contribution in [0.25, 0.3) is 0 Å². The van der Waals surface area contributed by atoms with Gasteiger partial charge >= 0.3 is 19.8 Å². The number of hydrogen-bond acceptors (Lipinski definition) is 6. The maximum atomic E-state index is 12.4. The molecule has 0 aromatic rings. The van der Waals surface area contributed by atoms with E-state index in [4.69, 9.17) is 19.3 Å². The summed E-state index contributed by atoms with van der Waals surface area (Å²) in [6.07, 6.45) is 51.9. The highest BCUT2D eigenvalue weighted by Gasteiger charge is 2.22. The molecule has 2 N–H and O–H groups in total. The van der Waals surface area contributed by atoms with Crippen molar-refractivity contribution in [1.29, 1.82) is 0 Å². The number of ether oxygens (including phenoxy) is 2. The first-order valence-electron chi connectivity index (χ1n) is 21.2. The topological polar surface area (TPSA) is 119 Å². The minimum Gasteiger partial charge on any atom is -0.462 e. The number of carbonyl (C=O) groups excluding carboxylic acids is 2. The van der Waals surface area contributed by atoms with Crippen LogP contribution < -0.4 is 0 Å². The SMILES string of the molecule is CCC/C=C/C/C=C/C/C=C/C/C=C/CCCCCC(=O)O[C@H](COC(=O)CCCCCCCCCCC/C=C/C/C=C/CCCCC)COP(=O)(O)O. The quantitative estimate of drug-likeness (QED) is 0.0275. The molecule has 0 unspecified atom stereocenters. The predicted molar refractivity (Wildman–Crippen MR) is 225 cm³/mol. The molecule has 8 nitrogen and oxygen atoms in total. The van der Waals surface area contributed by atoms with Crippen molar-refractivity contribution >= 4 is 19.8 Å². The number of carbonyl (C=O) groups is 2. The van der Waals surface area contributed by atoms with Crippen LogP contribution in [0.4, 0.5) is 0 Å². The summed E-state index contributed by atoms with van der Waals surface area (Å²) >= 11 is 0. The number of phosphoric ester groups is 1. The summed E-state index contributed by atoms with van der Waals surface area (Å²) in [5.74, 6) is -0.930. The second kappa shape index (κ2) is 40.2. The van der Waals surface area contributed by atoms with E-state index in [1.165, 1.54) is 64.2 Å². The van der Waals surface area contributed by atoms with Gasteiger partial charge in [0.25, 0.3) is 0 Å². The first kappa shape index (κ1) is 51.5. The number of phosphoric acid groups is 1. The summed E-state index contributed by atoms with van der Waals surface area (Å²) in [6.45, 7) is 3.56. The molecule has 0 heterocycles. The van der Waals surface area contributed by atoms with Gasteiger partial charge in [-0.15, -0.1) is 0 Å². The van der Waals surface area contributed by atoms with Crippen molar-refractivity contribution in [2.24, 2.45) is 0 Å². The van der Waals surface area contributed by atoms with Crippen molar-refractivity contribution in [1.82, 2.24) is 0 Å². The molecule has 310 valence electrons. The minimum absolute atomic E-state index is 0.170. The molecule has 54 heavy (non-hydrogen) atoms. The molecular weight excluding hydrogens is 699 g/mol. The standard InChI is InChI=1S/C45H77O8P/c1-3-5-7-9-11-13-15-17-19-21-22-24-25-27-29-31-33-35-37-39-44(46)51-41-43(42-52-54(48,49)50)53-45(47)40-38-36-34-32-30-28-26-23-20-18-16-14-12-10-8-6-4-2/h8,10-11,13-14,16-17,19-20,23,28,30,43H,3-7,9,12,15,18,21-22,24-27,29,31-42H2,1-2H3,(H2,48,49,50)/b10-8+,13-11+,16-14+,19-17+,23-20+,30-28+/t43-/m1/s1. The fraction of sp³-hybridized carbons (Fsp3) is 0.689. The van der Waals surface area contributed by atoms with E-state index in [1.54, 1.807) is 0 Å². The van der Waals surface area contributed by atoms with Crippen molar-refractivity contribution in [2.75, 3.05) is 13.2 Å². The predicted octanol–water partition coefficient (Wildman–Crippen LogP) is 13.1. The Kier molecular flexibility index (Phi) is 38.3. The Hall–Kier alpha value is -2.51. The van der Waals surface area contributed by atoms with Crippen LogP contribution in [0.3, 0.4) is 0 Å². The zero-order valence-corrected chi connectivity index (χ0v) is 35.0. The molecule has 1 atom stereocenters. The molecule has 0 aliphatic rings. The average molecular weight is 777 g/mol. The normalized spacial score (nSPS) is 13.2. The zero-order valence-electron chi connectivity index (χ0n) is 34.1. The van der Waals surface area contributed by atoms with Crippen LogP contribution >= 0.6 is 7.82 Å². The lowest BCUT2D eigenvalue weighted by molar-refractivity contribution is -0.161. The highest BCUT2D eigenvalue weighted by atomic mass is 31.2. The summed E-state index contributed by atoms with van der Waals surface area (Å²) in [6, 6.07) is 0. The van der Waals surface area contributed by atoms with Crippen LogP contribution in [-0.4, -0.2) is 41.0 Å². The van der Waals surface area contributed by atoms with Crippen molar-refractivity contribution < 1.29 is 37.9 Å². The van der Waals surface area contributed by atoms with Crippen molar-refractivity contribution in [2.45, 2.75) is 187 Å². The molecule has 0 aliphatic heterocycles. The lowest BCUT2D eigenvalue weighted by Crippen LogP contribution is -2.29. The number of rotatable bonds is 38. The molecule has 9 heteroatoms. The van der Waals surface area contributed by atoms with E-state index in [9.17, 15) is 14.2 Å². The molecule has 0 bridgehead atoms. The van der Waals surface area contributed by atoms with E-state index in [-0.39, 0.29) is 19.4 Å². The summed E-state index contributed by atoms with van der Waals surface area (Å²) in [4.78, 5) is 42.9. The molecule has 0 spiro atoms. The Labute approximate surface area is 329 Å². The zero-order chi connectivity index (χ0) is 39.6. The Morgan fingerprint density at radius 3 is 1.33 bits per heavy atom. The lowest BCUT2D eigenvalue weighted by Gasteiger charge is -2.18. The number of esters is 2. The van der Waals surface area contributed by atoms with Gasteiger partial charge in [-0.05, 0) is 83.5 Å². The third kappa shape index (κ3) is 42.2. The second-order valence-corrected chi connectivity index (χ2v) is 15.2. The van der Waals surface area contributed by atoms with Gasteiger partial charge in [-0.3, -0.25) is 14.1 Å². The summed E-state index contributed by atoms with van der Waals surface area (Å²) < 4.78 is 26.4. The molecule has 0 rings (SSSR count). The van der Waals surface area contributed by atoms with Crippen LogP contribution in [0.2, 0.25) is 0 Å². The third-order valence-corrected chi connectivity index (χ3v) is 9.16. The second-order valence-electron chi connectivity index (χ2n) is 14.0. The molecule has 0 aliphatic carbocycles. The van der Waals surface area contributed by atoms with Crippen LogP contribution in [0.15, 0.2) is 72.9 Å². The van der Waals surface area contributed by atoms with Crippen molar-refractivity contribution in [3.8, 4) is 0 Å². The van der Waals surface area contributed by atoms with E-state index < -0.39 is 32.5 Å². The Morgan fingerprint density at radius 2 is 0.870 bits per heavy atom. The van der Waals surface area contributed by atoms with E-state index in [0.717, 1.165) is 77.0 Å². The van der Waals surface area contributed by atoms with Crippen molar-refractivity contribution in [3.05, 3.63) is 72.9 Å². The summed E-state index contributed by atoms with van der Waals surface area (Å²) in [5, 5.41) is 0. The molecule has 0 aromatic carbocycles. The van der Waals surface area contributed by atoms with Gasteiger partial charge < -0.3 is 19.3 Å². The van der Waals surface area contributed by atoms with Crippen LogP contribution in [0.5, 0.6) is 0 Å². The van der Waals surface area contributed by atoms with Gasteiger partial charge in [0.15, 0.2) is 6.10 Å². The highest BCUT2D eigenvalue weighted by molar-refractivity contribution is 7.46. The smallest absolute Gasteiger partial charge is 0.462 e. The van der Waals surface area contributed by atoms with Gasteiger partial charge in [-0.2, -0.15) is 0 Å². The first-order chi connectivity index (χ1) is 26.3. The van der Waals surface area contributed by atoms with E-state index in [2.05, 4.69) is 91.3 Å². The van der Waals surface area contributed by atoms with Gasteiger partial charge in [0.2, 0.25) is 0 Å². The Morgan fingerprint density at radius 1 is 0.481 bits per heavy atom. The highest BCUT2D eigenvalue weighted by Crippen LogP contribution is 2.36. The minimum atomic E-state index is -4.77. The monoisotopic (exact) mass is 777 g/mol. The molecule has 0 saturated carbocycles. The molecule has 0 fully saturated rings. The Balaban J connectivity index is 3.98. The van der Waals surface area contributed by atoms with E-state index >= 15 is 0 Å². The van der Waals surface area contributed by atoms with Crippen molar-refractivity contribution in [3.63, 3.8) is 0 Å². The lowest BCUT2D eigenvalue weighted by atomic mass is 10.1.